The van der Waals surface area contributed by atoms with E-state index in [-0.39, 0.29) is 0 Å². The van der Waals surface area contributed by atoms with E-state index in [1.54, 1.807) is 0 Å². The minimum atomic E-state index is 0.580. The fraction of sp³-hybridized carbons (Fsp3) is 0. The van der Waals surface area contributed by atoms with E-state index in [2.05, 4.69) is 355 Å². The van der Waals surface area contributed by atoms with E-state index in [4.69, 9.17) is 0 Å². The summed E-state index contributed by atoms with van der Waals surface area (Å²) in [4.78, 5) is 0. The molecular weight excluding hydrogens is 1190 g/mol. The first-order chi connectivity index (χ1) is 48.7. The van der Waals surface area contributed by atoms with Gasteiger partial charge in [-0.25, -0.2) is 0 Å². The third kappa shape index (κ3) is 7.51. The molecule has 98 heavy (non-hydrogen) atoms. The van der Waals surface area contributed by atoms with E-state index in [1.807, 2.05) is 12.1 Å². The van der Waals surface area contributed by atoms with Crippen LogP contribution in [-0.2, 0) is 0 Å². The fourth-order valence-corrected chi connectivity index (χ4v) is 16.8. The van der Waals surface area contributed by atoms with Gasteiger partial charge < -0.3 is 27.4 Å². The molecule has 6 aromatic heterocycles. The lowest BCUT2D eigenvalue weighted by Gasteiger charge is -2.32. The summed E-state index contributed by atoms with van der Waals surface area (Å²) in [7, 11) is 0. The zero-order valence-corrected chi connectivity index (χ0v) is 52.9. The van der Waals surface area contributed by atoms with E-state index in [1.165, 1.54) is 16.3 Å². The summed E-state index contributed by atoms with van der Waals surface area (Å²) in [5.74, 6) is 0. The number of rotatable bonds is 8. The minimum absolute atomic E-state index is 0.580. The summed E-state index contributed by atoms with van der Waals surface area (Å²) < 4.78 is 15.3. The van der Waals surface area contributed by atoms with Gasteiger partial charge in [0.05, 0.1) is 106 Å². The highest BCUT2D eigenvalue weighted by molar-refractivity contribution is 6.20. The highest BCUT2D eigenvalue weighted by atomic mass is 15.2. The Morgan fingerprint density at radius 2 is 0.408 bits per heavy atom. The van der Waals surface area contributed by atoms with Gasteiger partial charge in [-0.15, -0.1) is 0 Å². The predicted molar refractivity (Wildman–Crippen MR) is 408 cm³/mol. The zero-order chi connectivity index (χ0) is 64.3. The van der Waals surface area contributed by atoms with Gasteiger partial charge in [0.25, 0.3) is 0 Å². The maximum absolute atomic E-state index is 10.8. The largest absolute Gasteiger partial charge is 0.309 e. The normalized spacial score (nSPS) is 12.1. The summed E-state index contributed by atoms with van der Waals surface area (Å²) in [6, 6.07) is 125. The molecule has 0 saturated heterocycles. The molecular formula is C91H55N7. The van der Waals surface area contributed by atoms with Crippen molar-refractivity contribution in [2.75, 3.05) is 0 Å². The van der Waals surface area contributed by atoms with Crippen LogP contribution in [0.3, 0.4) is 0 Å². The number of nitriles is 1. The van der Waals surface area contributed by atoms with Gasteiger partial charge in [-0.2, -0.15) is 5.26 Å². The average Bonchev–Trinajstić information content (AvgIpc) is 1.28. The van der Waals surface area contributed by atoms with E-state index in [9.17, 15) is 5.26 Å². The summed E-state index contributed by atoms with van der Waals surface area (Å²) in [5.41, 5.74) is 23.7. The average molecular weight is 1250 g/mol. The lowest BCUT2D eigenvalue weighted by molar-refractivity contribution is 1.00. The minimum Gasteiger partial charge on any atom is -0.309 e. The molecule has 0 fully saturated rings. The molecule has 15 aromatic carbocycles. The molecule has 21 aromatic rings. The van der Waals surface area contributed by atoms with E-state index in [0.717, 1.165) is 171 Å². The topological polar surface area (TPSA) is 53.4 Å². The summed E-state index contributed by atoms with van der Waals surface area (Å²) in [5, 5.41) is 24.6. The first kappa shape index (κ1) is 54.0. The summed E-state index contributed by atoms with van der Waals surface area (Å²) in [6.45, 7) is 0. The Hall–Kier alpha value is -13.4. The molecule has 0 aliphatic heterocycles. The van der Waals surface area contributed by atoms with Gasteiger partial charge in [0, 0.05) is 75.9 Å². The number of nitrogens with zero attached hydrogens (tertiary/aromatic N) is 7. The Bertz CT molecular complexity index is 6530. The molecule has 0 atom stereocenters. The van der Waals surface area contributed by atoms with Gasteiger partial charge in [0.2, 0.25) is 0 Å². The number of benzene rings is 15. The molecule has 0 radical (unpaired) electrons. The van der Waals surface area contributed by atoms with E-state index >= 15 is 0 Å². The van der Waals surface area contributed by atoms with Crippen LogP contribution in [0, 0.1) is 11.3 Å². The number of para-hydroxylation sites is 11. The number of hydrogen-bond donors (Lipinski definition) is 0. The van der Waals surface area contributed by atoms with Crippen LogP contribution in [0.5, 0.6) is 0 Å². The SMILES string of the molecule is N#Cc1ccc(-c2c(-n3c4ccccc4c4ccccc43)c(-n3c4ccccc4c4ccccc43)c(-n3c4ccccc4c4cc(-c5ccc6c(c5)c5ccccc5n6-c5ccccc5)ccc43)c(-n3c4ccccc4c4ccccc43)c2-n2c3ccccc3c3ccccc32)cc1. The second-order valence-corrected chi connectivity index (χ2v) is 25.8. The molecule has 0 unspecified atom stereocenters. The molecule has 454 valence electrons. The lowest BCUT2D eigenvalue weighted by atomic mass is 9.94. The van der Waals surface area contributed by atoms with Gasteiger partial charge >= 0.3 is 0 Å². The van der Waals surface area contributed by atoms with E-state index < -0.39 is 0 Å². The Labute approximate surface area is 561 Å². The molecule has 0 amide bonds. The van der Waals surface area contributed by atoms with Crippen LogP contribution in [0.15, 0.2) is 334 Å². The van der Waals surface area contributed by atoms with Crippen LogP contribution < -0.4 is 0 Å². The molecule has 21 rings (SSSR count). The van der Waals surface area contributed by atoms with Crippen molar-refractivity contribution in [2.24, 2.45) is 0 Å². The third-order valence-corrected chi connectivity index (χ3v) is 20.8. The fourth-order valence-electron chi connectivity index (χ4n) is 16.8. The van der Waals surface area contributed by atoms with Crippen molar-refractivity contribution in [2.45, 2.75) is 0 Å². The second-order valence-electron chi connectivity index (χ2n) is 25.8. The van der Waals surface area contributed by atoms with Crippen molar-refractivity contribution < 1.29 is 0 Å². The standard InChI is InChI=1S/C91H55N7/c92-56-57-46-48-58(49-47-57)86-87(94-75-37-15-4-26-62(75)63-27-5-16-38-76(63)94)89(96-79-41-19-8-30-66(79)67-31-9-20-42-80(67)96)91(90(97-81-43-21-10-32-68(81)69-33-11-22-44-82(69)97)88(86)95-77-39-17-6-28-64(77)65-29-7-18-40-78(65)95)98-83-45-23-13-35-71(83)73-55-60(51-53-85(73)98)59-50-52-84-72(54-59)70-34-12-14-36-74(70)93(84)61-24-2-1-3-25-61/h1-55H. The van der Waals surface area contributed by atoms with Crippen molar-refractivity contribution in [3.63, 3.8) is 0 Å². The van der Waals surface area contributed by atoms with Gasteiger partial charge in [-0.1, -0.05) is 224 Å². The first-order valence-corrected chi connectivity index (χ1v) is 33.5. The summed E-state index contributed by atoms with van der Waals surface area (Å²) in [6.07, 6.45) is 0. The van der Waals surface area contributed by atoms with Crippen LogP contribution in [-0.4, -0.2) is 27.4 Å². The van der Waals surface area contributed by atoms with Crippen LogP contribution >= 0.6 is 0 Å². The zero-order valence-electron chi connectivity index (χ0n) is 52.9. The maximum atomic E-state index is 10.8. The van der Waals surface area contributed by atoms with Gasteiger partial charge in [0.1, 0.15) is 0 Å². The quantitative estimate of drug-likeness (QED) is 0.150. The molecule has 0 aliphatic rings. The van der Waals surface area contributed by atoms with Gasteiger partial charge in [-0.3, -0.25) is 0 Å². The van der Waals surface area contributed by atoms with Gasteiger partial charge in [0.15, 0.2) is 0 Å². The Morgan fingerprint density at radius 1 is 0.184 bits per heavy atom. The Kier molecular flexibility index (Phi) is 11.5. The monoisotopic (exact) mass is 1250 g/mol. The molecule has 0 N–H and O–H groups in total. The van der Waals surface area contributed by atoms with Crippen molar-refractivity contribution in [1.29, 1.82) is 5.26 Å². The van der Waals surface area contributed by atoms with Crippen molar-refractivity contribution >= 4 is 131 Å². The summed E-state index contributed by atoms with van der Waals surface area (Å²) >= 11 is 0. The molecule has 0 spiro atoms. The molecule has 0 aliphatic carbocycles. The van der Waals surface area contributed by atoms with Crippen molar-refractivity contribution in [3.8, 4) is 62.4 Å². The maximum Gasteiger partial charge on any atom is 0.0991 e. The molecule has 7 nitrogen and oxygen atoms in total. The molecule has 7 heteroatoms. The third-order valence-electron chi connectivity index (χ3n) is 20.8. The van der Waals surface area contributed by atoms with Crippen LogP contribution in [0.4, 0.5) is 0 Å². The smallest absolute Gasteiger partial charge is 0.0991 e. The Morgan fingerprint density at radius 3 is 0.714 bits per heavy atom. The second kappa shape index (κ2) is 20.8. The van der Waals surface area contributed by atoms with Gasteiger partial charge in [-0.05, 0) is 126 Å². The van der Waals surface area contributed by atoms with Crippen LogP contribution in [0.1, 0.15) is 5.56 Å². The number of hydrogen-bond acceptors (Lipinski definition) is 1. The van der Waals surface area contributed by atoms with Crippen LogP contribution in [0.2, 0.25) is 0 Å². The van der Waals surface area contributed by atoms with Crippen LogP contribution in [0.25, 0.3) is 187 Å². The lowest BCUT2D eigenvalue weighted by Crippen LogP contribution is -2.18. The number of aromatic nitrogens is 6. The highest BCUT2D eigenvalue weighted by Gasteiger charge is 2.37. The Balaban J connectivity index is 1.04. The molecule has 0 saturated carbocycles. The first-order valence-electron chi connectivity index (χ1n) is 33.5. The molecule has 0 bridgehead atoms. The highest BCUT2D eigenvalue weighted by Crippen LogP contribution is 2.55. The predicted octanol–water partition coefficient (Wildman–Crippen LogP) is 23.5. The van der Waals surface area contributed by atoms with E-state index in [0.29, 0.717) is 5.56 Å². The molecule has 6 heterocycles. The van der Waals surface area contributed by atoms with Crippen molar-refractivity contribution in [1.82, 2.24) is 27.4 Å². The number of fused-ring (bicyclic) bond motifs is 18. The van der Waals surface area contributed by atoms with Crippen molar-refractivity contribution in [3.05, 3.63) is 339 Å².